The Morgan fingerprint density at radius 2 is 1.54 bits per heavy atom. The maximum atomic E-state index is 13.9. The highest BCUT2D eigenvalue weighted by Crippen LogP contribution is 2.19. The number of halogens is 2. The van der Waals surface area contributed by atoms with Crippen LogP contribution in [-0.2, 0) is 11.3 Å². The summed E-state index contributed by atoms with van der Waals surface area (Å²) in [4.78, 5) is 26.7. The Hall–Kier alpha value is -3.18. The fraction of sp³-hybridized carbons (Fsp3) is 0.0909. The van der Waals surface area contributed by atoms with Gasteiger partial charge < -0.3 is 10.2 Å². The predicted molar refractivity (Wildman–Crippen MR) is 108 cm³/mol. The number of nitrogens with zero attached hydrogens (tertiary/aromatic N) is 1. The smallest absolute Gasteiger partial charge is 0.256 e. The van der Waals surface area contributed by atoms with Gasteiger partial charge in [-0.2, -0.15) is 0 Å². The summed E-state index contributed by atoms with van der Waals surface area (Å²) in [7, 11) is 0. The summed E-state index contributed by atoms with van der Waals surface area (Å²) < 4.78 is 13.9. The Morgan fingerprint density at radius 1 is 0.893 bits per heavy atom. The van der Waals surface area contributed by atoms with Gasteiger partial charge in [0.05, 0.1) is 23.7 Å². The Morgan fingerprint density at radius 3 is 2.18 bits per heavy atom. The van der Waals surface area contributed by atoms with Crippen molar-refractivity contribution in [3.8, 4) is 0 Å². The summed E-state index contributed by atoms with van der Waals surface area (Å²) in [6.07, 6.45) is 0. The first-order chi connectivity index (χ1) is 13.6. The van der Waals surface area contributed by atoms with E-state index in [-0.39, 0.29) is 23.0 Å². The number of carbonyl (C=O) groups is 2. The molecule has 0 aromatic heterocycles. The van der Waals surface area contributed by atoms with Gasteiger partial charge in [0, 0.05) is 5.69 Å². The summed E-state index contributed by atoms with van der Waals surface area (Å²) in [6.45, 7) is 0.0607. The molecule has 3 aromatic rings. The van der Waals surface area contributed by atoms with Crippen LogP contribution in [0.25, 0.3) is 0 Å². The lowest BCUT2D eigenvalue weighted by atomic mass is 10.2. The molecule has 1 N–H and O–H groups in total. The monoisotopic (exact) mass is 396 g/mol. The maximum absolute atomic E-state index is 13.9. The van der Waals surface area contributed by atoms with Gasteiger partial charge in [0.1, 0.15) is 5.82 Å². The van der Waals surface area contributed by atoms with E-state index in [4.69, 9.17) is 11.6 Å². The van der Waals surface area contributed by atoms with Crippen LogP contribution >= 0.6 is 11.6 Å². The minimum Gasteiger partial charge on any atom is -0.343 e. The summed E-state index contributed by atoms with van der Waals surface area (Å²) in [5.41, 5.74) is 1.38. The van der Waals surface area contributed by atoms with E-state index in [1.807, 2.05) is 60.7 Å². The fourth-order valence-corrected chi connectivity index (χ4v) is 3.00. The molecule has 6 heteroatoms. The average Bonchev–Trinajstić information content (AvgIpc) is 2.71. The van der Waals surface area contributed by atoms with Crippen molar-refractivity contribution in [2.24, 2.45) is 0 Å². The zero-order valence-corrected chi connectivity index (χ0v) is 15.7. The van der Waals surface area contributed by atoms with Crippen molar-refractivity contribution in [1.29, 1.82) is 0 Å². The van der Waals surface area contributed by atoms with Crippen molar-refractivity contribution < 1.29 is 14.0 Å². The SMILES string of the molecule is O=C(NCC(=O)N(Cc1ccccc1)c1ccccc1)c1c(F)cccc1Cl. The van der Waals surface area contributed by atoms with Crippen molar-refractivity contribution in [2.75, 3.05) is 11.4 Å². The van der Waals surface area contributed by atoms with E-state index < -0.39 is 11.7 Å². The first-order valence-corrected chi connectivity index (χ1v) is 9.05. The Labute approximate surface area is 167 Å². The molecule has 3 aromatic carbocycles. The number of carbonyl (C=O) groups excluding carboxylic acids is 2. The highest BCUT2D eigenvalue weighted by molar-refractivity contribution is 6.33. The summed E-state index contributed by atoms with van der Waals surface area (Å²) >= 11 is 5.91. The van der Waals surface area contributed by atoms with E-state index in [0.717, 1.165) is 11.6 Å². The number of rotatable bonds is 6. The van der Waals surface area contributed by atoms with E-state index in [1.54, 1.807) is 4.90 Å². The molecule has 0 saturated carbocycles. The number of amides is 2. The molecule has 0 radical (unpaired) electrons. The molecular weight excluding hydrogens is 379 g/mol. The van der Waals surface area contributed by atoms with Crippen LogP contribution in [0.2, 0.25) is 5.02 Å². The number of para-hydroxylation sites is 1. The van der Waals surface area contributed by atoms with Gasteiger partial charge in [-0.1, -0.05) is 66.2 Å². The summed E-state index contributed by atoms with van der Waals surface area (Å²) in [6, 6.07) is 22.7. The second-order valence-corrected chi connectivity index (χ2v) is 6.49. The molecule has 0 saturated heterocycles. The third kappa shape index (κ3) is 4.75. The van der Waals surface area contributed by atoms with E-state index >= 15 is 0 Å². The molecule has 0 atom stereocenters. The quantitative estimate of drug-likeness (QED) is 0.669. The number of hydrogen-bond acceptors (Lipinski definition) is 2. The molecule has 28 heavy (non-hydrogen) atoms. The van der Waals surface area contributed by atoms with Gasteiger partial charge in [-0.15, -0.1) is 0 Å². The van der Waals surface area contributed by atoms with E-state index in [2.05, 4.69) is 5.32 Å². The molecule has 3 rings (SSSR count). The highest BCUT2D eigenvalue weighted by Gasteiger charge is 2.20. The van der Waals surface area contributed by atoms with Crippen molar-refractivity contribution in [3.63, 3.8) is 0 Å². The molecule has 0 heterocycles. The molecular formula is C22H18ClFN2O2. The van der Waals surface area contributed by atoms with Crippen LogP contribution in [0.4, 0.5) is 10.1 Å². The Kier molecular flexibility index (Phi) is 6.40. The number of anilines is 1. The lowest BCUT2D eigenvalue weighted by Gasteiger charge is -2.23. The molecule has 0 spiro atoms. The van der Waals surface area contributed by atoms with Crippen LogP contribution in [0.3, 0.4) is 0 Å². The number of nitrogens with one attached hydrogen (secondary N) is 1. The standard InChI is InChI=1S/C22H18ClFN2O2/c23-18-12-7-13-19(24)21(18)22(28)25-14-20(27)26(17-10-5-2-6-11-17)15-16-8-3-1-4-9-16/h1-13H,14-15H2,(H,25,28). The van der Waals surface area contributed by atoms with E-state index in [9.17, 15) is 14.0 Å². The average molecular weight is 397 g/mol. The number of hydrogen-bond donors (Lipinski definition) is 1. The second-order valence-electron chi connectivity index (χ2n) is 6.08. The molecule has 142 valence electrons. The molecule has 0 aliphatic carbocycles. The van der Waals surface area contributed by atoms with Gasteiger partial charge in [-0.25, -0.2) is 4.39 Å². The second kappa shape index (κ2) is 9.15. The minimum atomic E-state index is -0.735. The molecule has 0 unspecified atom stereocenters. The van der Waals surface area contributed by atoms with Crippen molar-refractivity contribution in [2.45, 2.75) is 6.54 Å². The molecule has 0 bridgehead atoms. The highest BCUT2D eigenvalue weighted by atomic mass is 35.5. The molecule has 0 aliphatic heterocycles. The topological polar surface area (TPSA) is 49.4 Å². The van der Waals surface area contributed by atoms with Gasteiger partial charge >= 0.3 is 0 Å². The van der Waals surface area contributed by atoms with Gasteiger partial charge in [0.25, 0.3) is 5.91 Å². The fourth-order valence-electron chi connectivity index (χ4n) is 2.75. The van der Waals surface area contributed by atoms with Crippen molar-refractivity contribution >= 4 is 29.1 Å². The third-order valence-corrected chi connectivity index (χ3v) is 4.46. The predicted octanol–water partition coefficient (Wildman–Crippen LogP) is 4.44. The Bertz CT molecular complexity index is 945. The molecule has 0 aliphatic rings. The lowest BCUT2D eigenvalue weighted by Crippen LogP contribution is -2.40. The molecule has 4 nitrogen and oxygen atoms in total. The lowest BCUT2D eigenvalue weighted by molar-refractivity contribution is -0.117. The van der Waals surface area contributed by atoms with Gasteiger partial charge in [-0.05, 0) is 29.8 Å². The van der Waals surface area contributed by atoms with Crippen LogP contribution in [0, 0.1) is 5.82 Å². The van der Waals surface area contributed by atoms with E-state index in [1.165, 1.54) is 12.1 Å². The maximum Gasteiger partial charge on any atom is 0.256 e. The van der Waals surface area contributed by atoms with Crippen molar-refractivity contribution in [1.82, 2.24) is 5.32 Å². The molecule has 2 amide bonds. The largest absolute Gasteiger partial charge is 0.343 e. The molecule has 0 fully saturated rings. The van der Waals surface area contributed by atoms with Crippen LogP contribution in [-0.4, -0.2) is 18.4 Å². The van der Waals surface area contributed by atoms with Gasteiger partial charge in [-0.3, -0.25) is 9.59 Å². The first-order valence-electron chi connectivity index (χ1n) is 8.68. The van der Waals surface area contributed by atoms with Crippen LogP contribution < -0.4 is 10.2 Å². The van der Waals surface area contributed by atoms with Gasteiger partial charge in [0.2, 0.25) is 5.91 Å². The summed E-state index contributed by atoms with van der Waals surface area (Å²) in [5, 5.41) is 2.46. The van der Waals surface area contributed by atoms with Crippen LogP contribution in [0.1, 0.15) is 15.9 Å². The zero-order chi connectivity index (χ0) is 19.9. The number of benzene rings is 3. The first kappa shape index (κ1) is 19.6. The zero-order valence-electron chi connectivity index (χ0n) is 14.9. The minimum absolute atomic E-state index is 0.00542. The van der Waals surface area contributed by atoms with Crippen molar-refractivity contribution in [3.05, 3.63) is 101 Å². The van der Waals surface area contributed by atoms with E-state index in [0.29, 0.717) is 12.2 Å². The van der Waals surface area contributed by atoms with Crippen LogP contribution in [0.15, 0.2) is 78.9 Å². The third-order valence-electron chi connectivity index (χ3n) is 4.14. The Balaban J connectivity index is 1.75. The van der Waals surface area contributed by atoms with Crippen LogP contribution in [0.5, 0.6) is 0 Å². The van der Waals surface area contributed by atoms with Gasteiger partial charge in [0.15, 0.2) is 0 Å². The summed E-state index contributed by atoms with van der Waals surface area (Å²) in [5.74, 6) is -1.79. The normalized spacial score (nSPS) is 10.4.